The molecule has 2 N–H and O–H groups in total. The van der Waals surface area contributed by atoms with Crippen LogP contribution in [0.25, 0.3) is 0 Å². The van der Waals surface area contributed by atoms with Crippen LogP contribution in [0.1, 0.15) is 24.6 Å². The smallest absolute Gasteiger partial charge is 0.323 e. The van der Waals surface area contributed by atoms with Crippen LogP contribution in [0.4, 0.5) is 9.93 Å². The second kappa shape index (κ2) is 7.91. The molecule has 2 heterocycles. The van der Waals surface area contributed by atoms with Gasteiger partial charge in [0, 0.05) is 24.2 Å². The number of urea groups is 1. The molecule has 126 valence electrons. The van der Waals surface area contributed by atoms with Gasteiger partial charge < -0.3 is 14.7 Å². The van der Waals surface area contributed by atoms with Gasteiger partial charge in [0.2, 0.25) is 0 Å². The lowest BCUT2D eigenvalue weighted by Gasteiger charge is -2.30. The summed E-state index contributed by atoms with van der Waals surface area (Å²) in [5.41, 5.74) is 0. The van der Waals surface area contributed by atoms with Gasteiger partial charge in [-0.05, 0) is 19.8 Å². The molecule has 1 saturated heterocycles. The lowest BCUT2D eigenvalue weighted by atomic mass is 9.99. The number of carbonyl (C=O) groups excluding carboxylic acids is 2. The number of hydrogen-bond donors (Lipinski definition) is 2. The summed E-state index contributed by atoms with van der Waals surface area (Å²) in [7, 11) is 0. The Morgan fingerprint density at radius 1 is 1.52 bits per heavy atom. The zero-order valence-corrected chi connectivity index (χ0v) is 13.6. The second-order valence-electron chi connectivity index (χ2n) is 5.17. The van der Waals surface area contributed by atoms with Crippen molar-refractivity contribution in [2.24, 2.45) is 5.92 Å². The van der Waals surface area contributed by atoms with E-state index in [2.05, 4.69) is 10.3 Å². The highest BCUT2D eigenvalue weighted by Gasteiger charge is 2.28. The Morgan fingerprint density at radius 2 is 2.30 bits per heavy atom. The van der Waals surface area contributed by atoms with Gasteiger partial charge in [-0.15, -0.1) is 11.3 Å². The number of carboxylic acids is 1. The summed E-state index contributed by atoms with van der Waals surface area (Å²) in [6, 6.07) is -0.368. The van der Waals surface area contributed by atoms with Crippen LogP contribution in [0.15, 0.2) is 6.20 Å². The van der Waals surface area contributed by atoms with Gasteiger partial charge in [-0.1, -0.05) is 0 Å². The van der Waals surface area contributed by atoms with Crippen molar-refractivity contribution in [3.05, 3.63) is 11.1 Å². The van der Waals surface area contributed by atoms with Gasteiger partial charge in [0.15, 0.2) is 5.13 Å². The van der Waals surface area contributed by atoms with E-state index in [1.165, 1.54) is 22.4 Å². The molecule has 1 aromatic rings. The number of likely N-dealkylation sites (tertiary alicyclic amines) is 1. The summed E-state index contributed by atoms with van der Waals surface area (Å²) < 4.78 is 4.85. The minimum Gasteiger partial charge on any atom is -0.481 e. The predicted molar refractivity (Wildman–Crippen MR) is 83.4 cm³/mol. The third-order valence-corrected chi connectivity index (χ3v) is 4.36. The van der Waals surface area contributed by atoms with Gasteiger partial charge in [-0.2, -0.15) is 0 Å². The van der Waals surface area contributed by atoms with Gasteiger partial charge in [0.1, 0.15) is 0 Å². The number of nitrogens with zero attached hydrogens (tertiary/aromatic N) is 2. The number of amides is 2. The summed E-state index contributed by atoms with van der Waals surface area (Å²) in [5, 5.41) is 12.1. The maximum absolute atomic E-state index is 12.2. The van der Waals surface area contributed by atoms with E-state index in [1.807, 2.05) is 0 Å². The lowest BCUT2D eigenvalue weighted by Crippen LogP contribution is -2.44. The van der Waals surface area contributed by atoms with Crippen molar-refractivity contribution < 1.29 is 24.2 Å². The fourth-order valence-corrected chi connectivity index (χ4v) is 3.12. The number of carbonyl (C=O) groups is 3. The number of carboxylic acid groups (broad SMARTS) is 1. The Kier molecular flexibility index (Phi) is 5.91. The van der Waals surface area contributed by atoms with E-state index in [-0.39, 0.29) is 25.0 Å². The maximum Gasteiger partial charge on any atom is 0.323 e. The van der Waals surface area contributed by atoms with E-state index in [0.29, 0.717) is 36.0 Å². The average molecular weight is 341 g/mol. The summed E-state index contributed by atoms with van der Waals surface area (Å²) in [5.74, 6) is -1.74. The molecule has 1 fully saturated rings. The fraction of sp³-hybridized carbons (Fsp3) is 0.571. The highest BCUT2D eigenvalue weighted by atomic mass is 32.1. The van der Waals surface area contributed by atoms with Crippen molar-refractivity contribution in [3.8, 4) is 0 Å². The van der Waals surface area contributed by atoms with Crippen LogP contribution in [0, 0.1) is 5.92 Å². The SMILES string of the molecule is CCOC(=O)Cc1cnc(NC(=O)N2CCCC(C(=O)O)C2)s1. The molecule has 0 saturated carbocycles. The summed E-state index contributed by atoms with van der Waals surface area (Å²) in [6.07, 6.45) is 2.88. The zero-order chi connectivity index (χ0) is 16.8. The van der Waals surface area contributed by atoms with Crippen LogP contribution >= 0.6 is 11.3 Å². The molecule has 0 bridgehead atoms. The number of ether oxygens (including phenoxy) is 1. The summed E-state index contributed by atoms with van der Waals surface area (Å²) >= 11 is 1.20. The Labute approximate surface area is 137 Å². The van der Waals surface area contributed by atoms with Crippen LogP contribution in [-0.4, -0.2) is 52.7 Å². The molecule has 1 atom stereocenters. The molecule has 0 aliphatic carbocycles. The molecule has 2 rings (SSSR count). The summed E-state index contributed by atoms with van der Waals surface area (Å²) in [6.45, 7) is 2.78. The topological polar surface area (TPSA) is 109 Å². The van der Waals surface area contributed by atoms with E-state index in [9.17, 15) is 14.4 Å². The van der Waals surface area contributed by atoms with E-state index >= 15 is 0 Å². The normalized spacial score (nSPS) is 17.6. The number of anilines is 1. The molecule has 0 spiro atoms. The number of nitrogens with one attached hydrogen (secondary N) is 1. The molecule has 1 unspecified atom stereocenters. The number of rotatable bonds is 5. The van der Waals surface area contributed by atoms with E-state index < -0.39 is 11.9 Å². The van der Waals surface area contributed by atoms with Crippen LogP contribution in [0.2, 0.25) is 0 Å². The predicted octanol–water partition coefficient (Wildman–Crippen LogP) is 1.58. The number of esters is 1. The molecule has 1 aliphatic rings. The first kappa shape index (κ1) is 17.2. The molecule has 1 aliphatic heterocycles. The van der Waals surface area contributed by atoms with Crippen LogP contribution in [0.5, 0.6) is 0 Å². The standard InChI is InChI=1S/C14H19N3O5S/c1-2-22-11(18)6-10-7-15-13(23-10)16-14(21)17-5-3-4-9(8-17)12(19)20/h7,9H,2-6,8H2,1H3,(H,19,20)(H,15,16,21). The van der Waals surface area contributed by atoms with Gasteiger partial charge in [-0.3, -0.25) is 14.9 Å². The third-order valence-electron chi connectivity index (χ3n) is 3.45. The first-order chi connectivity index (χ1) is 11.0. The van der Waals surface area contributed by atoms with Crippen molar-refractivity contribution >= 4 is 34.4 Å². The Morgan fingerprint density at radius 3 is 3.00 bits per heavy atom. The molecular formula is C14H19N3O5S. The number of hydrogen-bond acceptors (Lipinski definition) is 6. The zero-order valence-electron chi connectivity index (χ0n) is 12.8. The molecule has 1 aromatic heterocycles. The van der Waals surface area contributed by atoms with Crippen molar-refractivity contribution in [2.75, 3.05) is 25.0 Å². The first-order valence-electron chi connectivity index (χ1n) is 7.38. The molecule has 9 heteroatoms. The Bertz CT molecular complexity index is 589. The molecule has 0 aromatic carbocycles. The quantitative estimate of drug-likeness (QED) is 0.787. The third kappa shape index (κ3) is 4.92. The number of aromatic nitrogens is 1. The Balaban J connectivity index is 1.89. The van der Waals surface area contributed by atoms with Gasteiger partial charge >= 0.3 is 18.0 Å². The molecule has 8 nitrogen and oxygen atoms in total. The van der Waals surface area contributed by atoms with Crippen molar-refractivity contribution in [3.63, 3.8) is 0 Å². The average Bonchev–Trinajstić information content (AvgIpc) is 2.94. The lowest BCUT2D eigenvalue weighted by molar-refractivity contribution is -0.143. The van der Waals surface area contributed by atoms with E-state index in [1.54, 1.807) is 6.92 Å². The molecule has 2 amide bonds. The highest BCUT2D eigenvalue weighted by molar-refractivity contribution is 7.15. The van der Waals surface area contributed by atoms with Crippen molar-refractivity contribution in [2.45, 2.75) is 26.2 Å². The number of aliphatic carboxylic acids is 1. The van der Waals surface area contributed by atoms with Crippen LogP contribution in [0.3, 0.4) is 0 Å². The first-order valence-corrected chi connectivity index (χ1v) is 8.20. The van der Waals surface area contributed by atoms with Gasteiger partial charge in [0.05, 0.1) is 18.9 Å². The van der Waals surface area contributed by atoms with Crippen LogP contribution in [-0.2, 0) is 20.7 Å². The van der Waals surface area contributed by atoms with Gasteiger partial charge in [-0.25, -0.2) is 9.78 Å². The number of thiazole rings is 1. The minimum absolute atomic E-state index is 0.117. The molecule has 23 heavy (non-hydrogen) atoms. The largest absolute Gasteiger partial charge is 0.481 e. The molecular weight excluding hydrogens is 322 g/mol. The summed E-state index contributed by atoms with van der Waals surface area (Å²) in [4.78, 5) is 40.8. The fourth-order valence-electron chi connectivity index (χ4n) is 2.34. The second-order valence-corrected chi connectivity index (χ2v) is 6.28. The maximum atomic E-state index is 12.2. The number of piperidine rings is 1. The van der Waals surface area contributed by atoms with Crippen molar-refractivity contribution in [1.82, 2.24) is 9.88 Å². The minimum atomic E-state index is -0.881. The van der Waals surface area contributed by atoms with Crippen molar-refractivity contribution in [1.29, 1.82) is 0 Å². The monoisotopic (exact) mass is 341 g/mol. The van der Waals surface area contributed by atoms with Gasteiger partial charge in [0.25, 0.3) is 0 Å². The Hall–Kier alpha value is -2.16. The highest BCUT2D eigenvalue weighted by Crippen LogP contribution is 2.21. The van der Waals surface area contributed by atoms with E-state index in [4.69, 9.17) is 9.84 Å². The van der Waals surface area contributed by atoms with Crippen LogP contribution < -0.4 is 5.32 Å². The molecule has 0 radical (unpaired) electrons. The van der Waals surface area contributed by atoms with E-state index in [0.717, 1.165) is 0 Å².